The van der Waals surface area contributed by atoms with Crippen LogP contribution in [0.15, 0.2) is 60.7 Å². The highest BCUT2D eigenvalue weighted by atomic mass is 35.5. The maximum atomic E-state index is 13.3. The minimum atomic E-state index is -1.11. The quantitative estimate of drug-likeness (QED) is 0.122. The van der Waals surface area contributed by atoms with E-state index in [1.54, 1.807) is 6.92 Å². The second kappa shape index (κ2) is 16.0. The van der Waals surface area contributed by atoms with Crippen LogP contribution >= 0.6 is 23.2 Å². The van der Waals surface area contributed by atoms with E-state index >= 15 is 0 Å². The minimum absolute atomic E-state index is 0.0140. The number of esters is 2. The number of unbranched alkanes of at least 4 members (excludes halogenated alkanes) is 2. The van der Waals surface area contributed by atoms with Crippen LogP contribution in [0.25, 0.3) is 0 Å². The van der Waals surface area contributed by atoms with Gasteiger partial charge in [-0.15, -0.1) is 0 Å². The van der Waals surface area contributed by atoms with Crippen LogP contribution in [-0.2, 0) is 22.4 Å². The molecule has 3 aromatic carbocycles. The van der Waals surface area contributed by atoms with Crippen molar-refractivity contribution in [2.45, 2.75) is 45.1 Å². The van der Waals surface area contributed by atoms with Gasteiger partial charge in [-0.25, -0.2) is 9.59 Å². The number of nitrogens with one attached hydrogen (secondary N) is 2. The third kappa shape index (κ3) is 9.21. The SMILES string of the molecule is CCOC(=O)c1ccc(OC(=O)C(Cc2ccccc2)NC(=O)c2cc(Cl)c(CCCCCNC)c(Cl)c2O)cc1. The predicted molar refractivity (Wildman–Crippen MR) is 159 cm³/mol. The van der Waals surface area contributed by atoms with Gasteiger partial charge in [0.25, 0.3) is 5.91 Å². The van der Waals surface area contributed by atoms with Gasteiger partial charge in [-0.2, -0.15) is 0 Å². The van der Waals surface area contributed by atoms with Crippen LogP contribution in [0.1, 0.15) is 58.0 Å². The summed E-state index contributed by atoms with van der Waals surface area (Å²) >= 11 is 12.9. The van der Waals surface area contributed by atoms with Crippen LogP contribution in [0.4, 0.5) is 0 Å². The summed E-state index contributed by atoms with van der Waals surface area (Å²) in [5.74, 6) is -2.18. The number of phenols is 1. The Bertz CT molecular complexity index is 1330. The number of rotatable bonds is 14. The Morgan fingerprint density at radius 3 is 2.34 bits per heavy atom. The second-order valence-electron chi connectivity index (χ2n) is 9.34. The van der Waals surface area contributed by atoms with E-state index in [-0.39, 0.29) is 34.4 Å². The maximum Gasteiger partial charge on any atom is 0.338 e. The second-order valence-corrected chi connectivity index (χ2v) is 10.1. The molecule has 3 aromatic rings. The molecule has 3 rings (SSSR count). The van der Waals surface area contributed by atoms with Gasteiger partial charge in [-0.1, -0.05) is 60.0 Å². The zero-order valence-corrected chi connectivity index (χ0v) is 24.6. The lowest BCUT2D eigenvalue weighted by molar-refractivity contribution is -0.136. The fourth-order valence-corrected chi connectivity index (χ4v) is 4.82. The number of carbonyl (C=O) groups excluding carboxylic acids is 3. The summed E-state index contributed by atoms with van der Waals surface area (Å²) in [7, 11) is 1.89. The summed E-state index contributed by atoms with van der Waals surface area (Å²) < 4.78 is 10.5. The van der Waals surface area contributed by atoms with Crippen molar-refractivity contribution in [3.63, 3.8) is 0 Å². The number of hydrogen-bond acceptors (Lipinski definition) is 7. The van der Waals surface area contributed by atoms with E-state index in [9.17, 15) is 19.5 Å². The zero-order chi connectivity index (χ0) is 29.8. The lowest BCUT2D eigenvalue weighted by Crippen LogP contribution is -2.44. The molecular formula is C31H34Cl2N2O6. The predicted octanol–water partition coefficient (Wildman–Crippen LogP) is 5.75. The summed E-state index contributed by atoms with van der Waals surface area (Å²) in [5, 5.41) is 16.8. The van der Waals surface area contributed by atoms with E-state index in [1.807, 2.05) is 37.4 Å². The normalized spacial score (nSPS) is 11.5. The molecule has 0 spiro atoms. The van der Waals surface area contributed by atoms with Gasteiger partial charge in [0, 0.05) is 11.4 Å². The van der Waals surface area contributed by atoms with Crippen LogP contribution in [0.2, 0.25) is 10.0 Å². The third-order valence-electron chi connectivity index (χ3n) is 6.34. The highest BCUT2D eigenvalue weighted by Crippen LogP contribution is 2.37. The van der Waals surface area contributed by atoms with Crippen molar-refractivity contribution in [3.8, 4) is 11.5 Å². The first-order chi connectivity index (χ1) is 19.7. The first kappa shape index (κ1) is 31.9. The van der Waals surface area contributed by atoms with Crippen LogP contribution < -0.4 is 15.4 Å². The van der Waals surface area contributed by atoms with E-state index in [1.165, 1.54) is 30.3 Å². The Hall–Kier alpha value is -3.59. The zero-order valence-electron chi connectivity index (χ0n) is 23.0. The highest BCUT2D eigenvalue weighted by molar-refractivity contribution is 6.37. The summed E-state index contributed by atoms with van der Waals surface area (Å²) in [6.45, 7) is 2.85. The molecule has 0 aliphatic carbocycles. The van der Waals surface area contributed by atoms with E-state index in [2.05, 4.69) is 10.6 Å². The van der Waals surface area contributed by atoms with Gasteiger partial charge in [0.15, 0.2) is 0 Å². The number of hydrogen-bond donors (Lipinski definition) is 3. The molecule has 0 saturated carbocycles. The fourth-order valence-electron chi connectivity index (χ4n) is 4.17. The molecule has 0 fully saturated rings. The molecule has 1 unspecified atom stereocenters. The molecule has 8 nitrogen and oxygen atoms in total. The molecule has 0 aliphatic heterocycles. The van der Waals surface area contributed by atoms with E-state index in [4.69, 9.17) is 32.7 Å². The largest absolute Gasteiger partial charge is 0.506 e. The summed E-state index contributed by atoms with van der Waals surface area (Å²) in [5.41, 5.74) is 1.51. The van der Waals surface area contributed by atoms with E-state index < -0.39 is 29.6 Å². The molecule has 0 radical (unpaired) electrons. The number of amides is 1. The topological polar surface area (TPSA) is 114 Å². The van der Waals surface area contributed by atoms with Crippen molar-refractivity contribution in [3.05, 3.63) is 93.0 Å². The van der Waals surface area contributed by atoms with Crippen molar-refractivity contribution in [1.29, 1.82) is 0 Å². The lowest BCUT2D eigenvalue weighted by atomic mass is 10.0. The van der Waals surface area contributed by atoms with Gasteiger partial charge in [0.1, 0.15) is 17.5 Å². The molecule has 0 saturated heterocycles. The molecule has 3 N–H and O–H groups in total. The highest BCUT2D eigenvalue weighted by Gasteiger charge is 2.27. The molecule has 41 heavy (non-hydrogen) atoms. The Labute approximate surface area is 250 Å². The number of phenolic OH excluding ortho intramolecular Hbond substituents is 1. The van der Waals surface area contributed by atoms with Crippen molar-refractivity contribution in [2.24, 2.45) is 0 Å². The average Bonchev–Trinajstić information content (AvgIpc) is 2.97. The third-order valence-corrected chi connectivity index (χ3v) is 7.09. The van der Waals surface area contributed by atoms with Crippen molar-refractivity contribution >= 4 is 41.0 Å². The number of halogens is 2. The molecule has 218 valence electrons. The van der Waals surface area contributed by atoms with Crippen LogP contribution in [0, 0.1) is 0 Å². The average molecular weight is 602 g/mol. The van der Waals surface area contributed by atoms with E-state index in [0.29, 0.717) is 17.5 Å². The lowest BCUT2D eigenvalue weighted by Gasteiger charge is -2.19. The van der Waals surface area contributed by atoms with Crippen molar-refractivity contribution in [1.82, 2.24) is 10.6 Å². The Morgan fingerprint density at radius 2 is 1.68 bits per heavy atom. The molecule has 0 heterocycles. The molecular weight excluding hydrogens is 567 g/mol. The van der Waals surface area contributed by atoms with Gasteiger partial charge >= 0.3 is 11.9 Å². The Morgan fingerprint density at radius 1 is 0.976 bits per heavy atom. The molecule has 0 aromatic heterocycles. The maximum absolute atomic E-state index is 13.3. The van der Waals surface area contributed by atoms with Gasteiger partial charge in [0.05, 0.1) is 22.8 Å². The molecule has 1 atom stereocenters. The Kier molecular flexibility index (Phi) is 12.5. The summed E-state index contributed by atoms with van der Waals surface area (Å²) in [4.78, 5) is 38.4. The number of benzene rings is 3. The number of ether oxygens (including phenoxy) is 2. The van der Waals surface area contributed by atoms with Gasteiger partial charge in [0.2, 0.25) is 0 Å². The molecule has 0 aliphatic rings. The molecule has 10 heteroatoms. The van der Waals surface area contributed by atoms with Crippen LogP contribution in [0.5, 0.6) is 11.5 Å². The molecule has 1 amide bonds. The Balaban J connectivity index is 1.78. The van der Waals surface area contributed by atoms with Crippen LogP contribution in [0.3, 0.4) is 0 Å². The smallest absolute Gasteiger partial charge is 0.338 e. The minimum Gasteiger partial charge on any atom is -0.506 e. The van der Waals surface area contributed by atoms with Gasteiger partial charge < -0.3 is 25.2 Å². The monoisotopic (exact) mass is 600 g/mol. The standard InChI is InChI=1S/C31H34Cl2N2O6/c1-3-40-30(38)21-13-15-22(16-14-21)41-31(39)26(18-20-10-6-4-7-11-20)35-29(37)24-19-25(32)23(27(33)28(24)36)12-8-5-9-17-34-2/h4,6-7,10-11,13-16,19,26,34,36H,3,5,8-9,12,17-18H2,1-2H3,(H,35,37). The van der Waals surface area contributed by atoms with Crippen molar-refractivity contribution < 1.29 is 29.0 Å². The van der Waals surface area contributed by atoms with Gasteiger partial charge in [-0.3, -0.25) is 4.79 Å². The number of carbonyl (C=O) groups is 3. The van der Waals surface area contributed by atoms with Crippen LogP contribution in [-0.4, -0.2) is 49.2 Å². The fraction of sp³-hybridized carbons (Fsp3) is 0.323. The first-order valence-corrected chi connectivity index (χ1v) is 14.2. The summed E-state index contributed by atoms with van der Waals surface area (Å²) in [6, 6.07) is 15.2. The summed E-state index contributed by atoms with van der Waals surface area (Å²) in [6.07, 6.45) is 3.43. The van der Waals surface area contributed by atoms with Crippen molar-refractivity contribution in [2.75, 3.05) is 20.2 Å². The van der Waals surface area contributed by atoms with Gasteiger partial charge in [-0.05, 0) is 81.2 Å². The molecule has 0 bridgehead atoms. The first-order valence-electron chi connectivity index (χ1n) is 13.4. The number of aromatic hydroxyl groups is 1. The van der Waals surface area contributed by atoms with E-state index in [0.717, 1.165) is 31.4 Å².